The normalized spacial score (nSPS) is 12.1. The number of aliphatic hydroxyl groups excluding tert-OH is 1. The Morgan fingerprint density at radius 2 is 1.95 bits per heavy atom. The molecule has 0 aliphatic carbocycles. The van der Waals surface area contributed by atoms with Gasteiger partial charge >= 0.3 is 0 Å². The van der Waals surface area contributed by atoms with Gasteiger partial charge in [0, 0.05) is 12.7 Å². The number of hydrogen-bond donors (Lipinski definition) is 3. The quantitative estimate of drug-likeness (QED) is 0.716. The number of nitrogen functional groups attached to an aromatic ring is 1. The highest BCUT2D eigenvalue weighted by Crippen LogP contribution is 2.08. The maximum Gasteiger partial charge on any atom is 0.221 e. The van der Waals surface area contributed by atoms with Crippen molar-refractivity contribution in [2.45, 2.75) is 25.4 Å². The van der Waals surface area contributed by atoms with E-state index in [0.717, 1.165) is 12.8 Å². The molecule has 106 valence electrons. The van der Waals surface area contributed by atoms with Gasteiger partial charge < -0.3 is 16.2 Å². The van der Waals surface area contributed by atoms with Crippen LogP contribution in [0, 0.1) is 0 Å². The van der Waals surface area contributed by atoms with Crippen molar-refractivity contribution in [3.63, 3.8) is 0 Å². The molecule has 0 bridgehead atoms. The first-order valence-electron chi connectivity index (χ1n) is 6.78. The van der Waals surface area contributed by atoms with Gasteiger partial charge in [-0.1, -0.05) is 30.3 Å². The Labute approximate surface area is 118 Å². The molecule has 1 aromatic carbocycles. The first kappa shape index (κ1) is 14.3. The molecule has 0 saturated carbocycles. The fourth-order valence-electron chi connectivity index (χ4n) is 1.96. The molecule has 0 fully saturated rings. The van der Waals surface area contributed by atoms with Gasteiger partial charge in [0.1, 0.15) is 5.82 Å². The molecule has 1 unspecified atom stereocenters. The highest BCUT2D eigenvalue weighted by molar-refractivity contribution is 5.37. The molecule has 0 amide bonds. The summed E-state index contributed by atoms with van der Waals surface area (Å²) in [4.78, 5) is 7.86. The Balaban J connectivity index is 1.66. The molecule has 1 aromatic heterocycles. The second-order valence-corrected chi connectivity index (χ2v) is 4.69. The predicted octanol–water partition coefficient (Wildman–Crippen LogP) is 1.85. The van der Waals surface area contributed by atoms with Gasteiger partial charge in [0.2, 0.25) is 5.95 Å². The Morgan fingerprint density at radius 1 is 1.15 bits per heavy atom. The van der Waals surface area contributed by atoms with Crippen LogP contribution < -0.4 is 11.1 Å². The van der Waals surface area contributed by atoms with E-state index in [1.54, 1.807) is 12.3 Å². The lowest BCUT2D eigenvalue weighted by molar-refractivity contribution is 0.159. The molecule has 1 heterocycles. The number of rotatable bonds is 7. The Kier molecular flexibility index (Phi) is 5.32. The summed E-state index contributed by atoms with van der Waals surface area (Å²) in [5.74, 6) is 0.937. The van der Waals surface area contributed by atoms with Crippen molar-refractivity contribution < 1.29 is 5.11 Å². The number of aryl methyl sites for hydroxylation is 1. The monoisotopic (exact) mass is 272 g/mol. The number of nitrogens with two attached hydrogens (primary N) is 1. The first-order valence-corrected chi connectivity index (χ1v) is 6.78. The van der Waals surface area contributed by atoms with E-state index in [4.69, 9.17) is 5.73 Å². The van der Waals surface area contributed by atoms with Crippen molar-refractivity contribution in [1.29, 1.82) is 0 Å². The van der Waals surface area contributed by atoms with Crippen molar-refractivity contribution >= 4 is 11.8 Å². The van der Waals surface area contributed by atoms with Gasteiger partial charge in [-0.25, -0.2) is 4.98 Å². The van der Waals surface area contributed by atoms with Crippen molar-refractivity contribution in [2.75, 3.05) is 17.6 Å². The molecule has 20 heavy (non-hydrogen) atoms. The van der Waals surface area contributed by atoms with Crippen LogP contribution in [0.15, 0.2) is 42.6 Å². The van der Waals surface area contributed by atoms with E-state index in [9.17, 15) is 5.11 Å². The third-order valence-electron chi connectivity index (χ3n) is 3.07. The van der Waals surface area contributed by atoms with Gasteiger partial charge in [-0.2, -0.15) is 4.98 Å². The molecule has 5 nitrogen and oxygen atoms in total. The van der Waals surface area contributed by atoms with Crippen molar-refractivity contribution in [1.82, 2.24) is 9.97 Å². The van der Waals surface area contributed by atoms with Gasteiger partial charge in [-0.3, -0.25) is 0 Å². The molecule has 4 N–H and O–H groups in total. The third kappa shape index (κ3) is 4.85. The second-order valence-electron chi connectivity index (χ2n) is 4.69. The van der Waals surface area contributed by atoms with E-state index in [2.05, 4.69) is 27.4 Å². The Hall–Kier alpha value is -2.14. The van der Waals surface area contributed by atoms with E-state index in [-0.39, 0.29) is 12.1 Å². The number of nitrogens with one attached hydrogen (secondary N) is 1. The Bertz CT molecular complexity index is 518. The molecule has 0 radical (unpaired) electrons. The zero-order valence-electron chi connectivity index (χ0n) is 11.4. The highest BCUT2D eigenvalue weighted by Gasteiger charge is 2.05. The van der Waals surface area contributed by atoms with Gasteiger partial charge in [-0.05, 0) is 30.9 Å². The van der Waals surface area contributed by atoms with Crippen molar-refractivity contribution in [2.24, 2.45) is 0 Å². The number of aliphatic hydroxyl groups is 1. The smallest absolute Gasteiger partial charge is 0.221 e. The number of hydrogen-bond acceptors (Lipinski definition) is 5. The largest absolute Gasteiger partial charge is 0.393 e. The highest BCUT2D eigenvalue weighted by atomic mass is 16.3. The summed E-state index contributed by atoms with van der Waals surface area (Å²) in [7, 11) is 0. The predicted molar refractivity (Wildman–Crippen MR) is 80.3 cm³/mol. The molecule has 5 heteroatoms. The average molecular weight is 272 g/mol. The number of anilines is 2. The van der Waals surface area contributed by atoms with Crippen LogP contribution in [-0.4, -0.2) is 27.7 Å². The minimum Gasteiger partial charge on any atom is -0.393 e. The molecular formula is C15H20N4O. The lowest BCUT2D eigenvalue weighted by atomic mass is 10.1. The minimum absolute atomic E-state index is 0.250. The van der Waals surface area contributed by atoms with Gasteiger partial charge in [0.25, 0.3) is 0 Å². The molecule has 0 aliphatic heterocycles. The number of nitrogens with zero attached hydrogens (tertiary/aromatic N) is 2. The van der Waals surface area contributed by atoms with Crippen LogP contribution in [-0.2, 0) is 6.42 Å². The van der Waals surface area contributed by atoms with Gasteiger partial charge in [0.15, 0.2) is 0 Å². The van der Waals surface area contributed by atoms with E-state index < -0.39 is 0 Å². The van der Waals surface area contributed by atoms with Crippen LogP contribution in [0.5, 0.6) is 0 Å². The summed E-state index contributed by atoms with van der Waals surface area (Å²) in [6, 6.07) is 11.9. The third-order valence-corrected chi connectivity index (χ3v) is 3.07. The molecule has 2 rings (SSSR count). The van der Waals surface area contributed by atoms with Crippen molar-refractivity contribution in [3.8, 4) is 0 Å². The summed E-state index contributed by atoms with van der Waals surface area (Å²) < 4.78 is 0. The maximum atomic E-state index is 9.95. The lowest BCUT2D eigenvalue weighted by Gasteiger charge is -2.11. The number of benzene rings is 1. The average Bonchev–Trinajstić information content (AvgIpc) is 2.46. The van der Waals surface area contributed by atoms with E-state index in [0.29, 0.717) is 18.8 Å². The summed E-state index contributed by atoms with van der Waals surface area (Å²) in [5.41, 5.74) is 6.74. The zero-order valence-corrected chi connectivity index (χ0v) is 11.4. The van der Waals surface area contributed by atoms with Gasteiger partial charge in [0.05, 0.1) is 6.10 Å². The molecule has 1 atom stereocenters. The fourth-order valence-corrected chi connectivity index (χ4v) is 1.96. The van der Waals surface area contributed by atoms with Crippen molar-refractivity contribution in [3.05, 3.63) is 48.2 Å². The van der Waals surface area contributed by atoms with Gasteiger partial charge in [-0.15, -0.1) is 0 Å². The topological polar surface area (TPSA) is 84.1 Å². The van der Waals surface area contributed by atoms with E-state index in [1.165, 1.54) is 5.56 Å². The molecular weight excluding hydrogens is 252 g/mol. The van der Waals surface area contributed by atoms with Crippen LogP contribution in [0.2, 0.25) is 0 Å². The van der Waals surface area contributed by atoms with E-state index in [1.807, 2.05) is 18.2 Å². The van der Waals surface area contributed by atoms with Crippen LogP contribution in [0.3, 0.4) is 0 Å². The molecule has 2 aromatic rings. The fraction of sp³-hybridized carbons (Fsp3) is 0.333. The summed E-state index contributed by atoms with van der Waals surface area (Å²) >= 11 is 0. The van der Waals surface area contributed by atoms with E-state index >= 15 is 0 Å². The summed E-state index contributed by atoms with van der Waals surface area (Å²) in [5, 5.41) is 13.1. The minimum atomic E-state index is -0.318. The SMILES string of the molecule is Nc1nccc(NCCC(O)CCc2ccccc2)n1. The van der Waals surface area contributed by atoms with Crippen LogP contribution in [0.25, 0.3) is 0 Å². The molecule has 0 saturated heterocycles. The first-order chi connectivity index (χ1) is 9.74. The van der Waals surface area contributed by atoms with Crippen LogP contribution in [0.4, 0.5) is 11.8 Å². The second kappa shape index (κ2) is 7.45. The lowest BCUT2D eigenvalue weighted by Crippen LogP contribution is -2.15. The Morgan fingerprint density at radius 3 is 2.70 bits per heavy atom. The van der Waals surface area contributed by atoms with Crippen LogP contribution >= 0.6 is 0 Å². The zero-order chi connectivity index (χ0) is 14.2. The van der Waals surface area contributed by atoms with Crippen LogP contribution in [0.1, 0.15) is 18.4 Å². The number of aromatic nitrogens is 2. The standard InChI is InChI=1S/C15H20N4O/c16-15-18-11-9-14(19-15)17-10-8-13(20)7-6-12-4-2-1-3-5-12/h1-5,9,11,13,20H,6-8,10H2,(H3,16,17,18,19). The summed E-state index contributed by atoms with van der Waals surface area (Å²) in [6.07, 6.45) is 3.62. The molecule has 0 aliphatic rings. The maximum absolute atomic E-state index is 9.95. The summed E-state index contributed by atoms with van der Waals surface area (Å²) in [6.45, 7) is 0.659. The molecule has 0 spiro atoms.